The molecule has 1 aliphatic rings. The maximum Gasteiger partial charge on any atom is 0.339 e. The van der Waals surface area contributed by atoms with E-state index in [4.69, 9.17) is 5.11 Å². The fraction of sp³-hybridized carbons (Fsp3) is 0.118. The predicted molar refractivity (Wildman–Crippen MR) is 109 cm³/mol. The number of aliphatic hydroxyl groups excluding tert-OH is 2. The number of rotatable bonds is 6. The van der Waals surface area contributed by atoms with Crippen LogP contribution in [-0.2, 0) is 20.2 Å². The van der Waals surface area contributed by atoms with Crippen molar-refractivity contribution in [1.82, 2.24) is 4.72 Å². The Bertz CT molecular complexity index is 1290. The van der Waals surface area contributed by atoms with Crippen molar-refractivity contribution in [2.24, 2.45) is 0 Å². The third-order valence-electron chi connectivity index (χ3n) is 4.32. The normalized spacial score (nSPS) is 15.6. The summed E-state index contributed by atoms with van der Waals surface area (Å²) in [5.41, 5.74) is -0.543. The lowest BCUT2D eigenvalue weighted by atomic mass is 10.2. The van der Waals surface area contributed by atoms with E-state index in [0.717, 1.165) is 22.5 Å². The minimum atomic E-state index is -4.27. The van der Waals surface area contributed by atoms with Crippen LogP contribution in [0.3, 0.4) is 0 Å². The average molecular weight is 471 g/mol. The molecular formula is C17H17N3O9S2. The number of anilines is 2. The minimum Gasteiger partial charge on any atom is -0.507 e. The Kier molecular flexibility index (Phi) is 5.37. The number of nitrogens with zero attached hydrogens (tertiary/aromatic N) is 2. The number of carboxylic acid groups (broad SMARTS) is 1. The maximum absolute atomic E-state index is 13.0. The van der Waals surface area contributed by atoms with Crippen molar-refractivity contribution in [2.45, 2.75) is 11.8 Å². The van der Waals surface area contributed by atoms with Crippen molar-refractivity contribution in [3.8, 4) is 5.75 Å². The van der Waals surface area contributed by atoms with Gasteiger partial charge in [0, 0.05) is 6.54 Å². The van der Waals surface area contributed by atoms with Gasteiger partial charge in [-0.05, 0) is 49.4 Å². The number of hydrogen-bond donors (Lipinski definition) is 5. The van der Waals surface area contributed by atoms with Crippen molar-refractivity contribution in [2.75, 3.05) is 15.2 Å². The first-order valence-electron chi connectivity index (χ1n) is 8.54. The Balaban J connectivity index is 2.00. The van der Waals surface area contributed by atoms with Crippen LogP contribution in [0.2, 0.25) is 0 Å². The maximum atomic E-state index is 13.0. The molecule has 1 aliphatic heterocycles. The van der Waals surface area contributed by atoms with Crippen LogP contribution < -0.4 is 13.3 Å². The third-order valence-corrected chi connectivity index (χ3v) is 7.53. The van der Waals surface area contributed by atoms with Gasteiger partial charge >= 0.3 is 16.2 Å². The number of aliphatic hydroxyl groups is 2. The molecule has 5 N–H and O–H groups in total. The van der Waals surface area contributed by atoms with E-state index in [1.54, 1.807) is 4.72 Å². The quantitative estimate of drug-likeness (QED) is 0.413. The summed E-state index contributed by atoms with van der Waals surface area (Å²) in [6, 6.07) is 7.81. The van der Waals surface area contributed by atoms with Crippen LogP contribution in [-0.4, -0.2) is 49.8 Å². The monoisotopic (exact) mass is 471 g/mol. The Morgan fingerprint density at radius 3 is 2.19 bits per heavy atom. The van der Waals surface area contributed by atoms with Gasteiger partial charge in [0.1, 0.15) is 11.3 Å². The van der Waals surface area contributed by atoms with E-state index in [0.29, 0.717) is 4.31 Å². The second-order valence-electron chi connectivity index (χ2n) is 6.21. The zero-order chi connectivity index (χ0) is 23.1. The number of carbonyl (C=O) groups is 1. The van der Waals surface area contributed by atoms with Crippen LogP contribution in [0.1, 0.15) is 17.3 Å². The van der Waals surface area contributed by atoms with Crippen molar-refractivity contribution >= 4 is 37.6 Å². The van der Waals surface area contributed by atoms with Crippen molar-refractivity contribution in [1.29, 1.82) is 0 Å². The van der Waals surface area contributed by atoms with Gasteiger partial charge in [0.15, 0.2) is 0 Å². The molecule has 0 aliphatic carbocycles. The number of benzene rings is 2. The van der Waals surface area contributed by atoms with Gasteiger partial charge in [-0.25, -0.2) is 17.9 Å². The van der Waals surface area contributed by atoms with Crippen LogP contribution in [0.4, 0.5) is 11.4 Å². The topological polar surface area (TPSA) is 185 Å². The molecule has 0 spiro atoms. The van der Waals surface area contributed by atoms with Gasteiger partial charge in [-0.3, -0.25) is 4.31 Å². The second-order valence-corrected chi connectivity index (χ2v) is 9.60. The summed E-state index contributed by atoms with van der Waals surface area (Å²) in [7, 11) is -8.50. The molecule has 2 aromatic carbocycles. The molecule has 0 aromatic heterocycles. The molecule has 0 radical (unpaired) electrons. The molecule has 166 valence electrons. The molecule has 14 heteroatoms. The smallest absolute Gasteiger partial charge is 0.339 e. The number of aromatic carboxylic acids is 1. The lowest BCUT2D eigenvalue weighted by Gasteiger charge is -2.24. The highest BCUT2D eigenvalue weighted by atomic mass is 32.2. The van der Waals surface area contributed by atoms with E-state index in [1.165, 1.54) is 31.2 Å². The van der Waals surface area contributed by atoms with Gasteiger partial charge in [-0.2, -0.15) is 12.7 Å². The Hall–Kier alpha value is -3.65. The first-order chi connectivity index (χ1) is 14.4. The molecule has 1 heterocycles. The van der Waals surface area contributed by atoms with Crippen LogP contribution in [0.15, 0.2) is 59.1 Å². The summed E-state index contributed by atoms with van der Waals surface area (Å²) in [5, 5.41) is 37.9. The van der Waals surface area contributed by atoms with Crippen LogP contribution >= 0.6 is 0 Å². The van der Waals surface area contributed by atoms with E-state index in [2.05, 4.69) is 0 Å². The van der Waals surface area contributed by atoms with Crippen molar-refractivity contribution < 1.29 is 42.1 Å². The molecule has 31 heavy (non-hydrogen) atoms. The van der Waals surface area contributed by atoms with E-state index in [-0.39, 0.29) is 22.8 Å². The largest absolute Gasteiger partial charge is 0.507 e. The number of phenols is 1. The molecule has 0 unspecified atom stereocenters. The Morgan fingerprint density at radius 2 is 1.71 bits per heavy atom. The Morgan fingerprint density at radius 1 is 1.10 bits per heavy atom. The molecule has 12 nitrogen and oxygen atoms in total. The van der Waals surface area contributed by atoms with Gasteiger partial charge in [0.25, 0.3) is 21.8 Å². The number of hydrogen-bond acceptors (Lipinski definition) is 8. The lowest BCUT2D eigenvalue weighted by Crippen LogP contribution is -2.32. The molecule has 2 aromatic rings. The second kappa shape index (κ2) is 7.55. The van der Waals surface area contributed by atoms with Gasteiger partial charge in [-0.15, -0.1) is 0 Å². The molecule has 0 fully saturated rings. The molecular weight excluding hydrogens is 454 g/mol. The number of aromatic hydroxyl groups is 1. The molecule has 3 rings (SSSR count). The highest BCUT2D eigenvalue weighted by molar-refractivity contribution is 7.93. The van der Waals surface area contributed by atoms with Gasteiger partial charge in [-0.1, -0.05) is 0 Å². The summed E-state index contributed by atoms with van der Waals surface area (Å²) in [4.78, 5) is 10.8. The molecule has 0 saturated heterocycles. The fourth-order valence-corrected chi connectivity index (χ4v) is 5.55. The fourth-order valence-electron chi connectivity index (χ4n) is 2.90. The number of nitrogens with one attached hydrogen (secondary N) is 1. The SMILES string of the molecule is CCN(c1ccc(N2C(O)=C(O)NS2(=O)=O)cc1)S(=O)(=O)c1ccc(O)c(C(=O)O)c1. The average Bonchev–Trinajstić information content (AvgIpc) is 2.89. The summed E-state index contributed by atoms with van der Waals surface area (Å²) in [6.45, 7) is 1.48. The highest BCUT2D eigenvalue weighted by Gasteiger charge is 2.37. The number of sulfonamides is 1. The van der Waals surface area contributed by atoms with Crippen molar-refractivity contribution in [3.63, 3.8) is 0 Å². The van der Waals surface area contributed by atoms with E-state index in [1.807, 2.05) is 0 Å². The van der Waals surface area contributed by atoms with E-state index in [9.17, 15) is 36.9 Å². The Labute approximate surface area is 177 Å². The molecule has 0 bridgehead atoms. The van der Waals surface area contributed by atoms with E-state index >= 15 is 0 Å². The van der Waals surface area contributed by atoms with Crippen LogP contribution in [0.25, 0.3) is 0 Å². The van der Waals surface area contributed by atoms with Crippen LogP contribution in [0.5, 0.6) is 5.75 Å². The van der Waals surface area contributed by atoms with Crippen LogP contribution in [0, 0.1) is 0 Å². The van der Waals surface area contributed by atoms with E-state index < -0.39 is 49.3 Å². The summed E-state index contributed by atoms with van der Waals surface area (Å²) >= 11 is 0. The van der Waals surface area contributed by atoms with Gasteiger partial charge in [0.2, 0.25) is 0 Å². The first kappa shape index (κ1) is 22.0. The molecule has 0 amide bonds. The summed E-state index contributed by atoms with van der Waals surface area (Å²) < 4.78 is 53.2. The zero-order valence-electron chi connectivity index (χ0n) is 15.8. The van der Waals surface area contributed by atoms with Crippen molar-refractivity contribution in [3.05, 3.63) is 59.8 Å². The molecule has 0 saturated carbocycles. The van der Waals surface area contributed by atoms with Gasteiger partial charge in [0.05, 0.1) is 16.3 Å². The highest BCUT2D eigenvalue weighted by Crippen LogP contribution is 2.31. The minimum absolute atomic E-state index is 0.0551. The predicted octanol–water partition coefficient (Wildman–Crippen LogP) is 1.20. The summed E-state index contributed by atoms with van der Waals surface area (Å²) in [6.07, 6.45) is 0. The molecule has 0 atom stereocenters. The zero-order valence-corrected chi connectivity index (χ0v) is 17.4. The number of carboxylic acids is 1. The summed E-state index contributed by atoms with van der Waals surface area (Å²) in [5.74, 6) is -3.99. The third kappa shape index (κ3) is 3.77. The lowest BCUT2D eigenvalue weighted by molar-refractivity contribution is 0.0693. The standard InChI is InChI=1S/C17H17N3O9S2/c1-2-19(30(26,27)12-7-8-14(21)13(9-12)17(24)25)10-3-5-11(6-4-10)20-16(23)15(22)18-31(20,28)29/h3-9,18,21-23H,2H2,1H3,(H,24,25). The first-order valence-corrected chi connectivity index (χ1v) is 11.4. The van der Waals surface area contributed by atoms with Gasteiger partial charge < -0.3 is 20.4 Å².